The van der Waals surface area contributed by atoms with E-state index in [1.165, 1.54) is 6.07 Å². The smallest absolute Gasteiger partial charge is 0.285 e. The number of hydrogen-bond donors (Lipinski definition) is 2. The van der Waals surface area contributed by atoms with Gasteiger partial charge in [-0.15, -0.1) is 0 Å². The Hall–Kier alpha value is -4.01. The summed E-state index contributed by atoms with van der Waals surface area (Å²) in [6.45, 7) is 5.00. The van der Waals surface area contributed by atoms with Gasteiger partial charge in [-0.2, -0.15) is 0 Å². The molecule has 0 saturated carbocycles. The normalized spacial score (nSPS) is 15.8. The number of halogens is 2. The first-order valence-corrected chi connectivity index (χ1v) is 16.3. The maximum Gasteiger partial charge on any atom is 0.285 e. The van der Waals surface area contributed by atoms with Crippen molar-refractivity contribution in [3.63, 3.8) is 0 Å². The molecule has 5 rings (SSSR count). The highest BCUT2D eigenvalue weighted by Gasteiger charge is 2.30. The Kier molecular flexibility index (Phi) is 8.69. The molecule has 2 atom stereocenters. The van der Waals surface area contributed by atoms with Crippen LogP contribution in [0, 0.1) is 6.92 Å². The van der Waals surface area contributed by atoms with Crippen molar-refractivity contribution in [2.75, 3.05) is 41.5 Å². The zero-order valence-corrected chi connectivity index (χ0v) is 27.0. The largest absolute Gasteiger partial charge is 0.377 e. The number of aryl methyl sites for hydroxylation is 1. The number of nitrogens with zero attached hydrogens (tertiary/aromatic N) is 7. The fourth-order valence-electron chi connectivity index (χ4n) is 5.30. The van der Waals surface area contributed by atoms with Crippen molar-refractivity contribution in [1.29, 1.82) is 0 Å². The number of rotatable bonds is 8. The SMILES string of the molecule is Cc1cc([C@@H](C)Nc2ccc(Cl)nc2C(=O)NS(C)(=O)=O)c2nc(N3CC[C@H](N(C)c4ncc(Cl)cn4)C3)n(C)c(=O)c2c1. The van der Waals surface area contributed by atoms with Crippen LogP contribution in [0.1, 0.15) is 41.0 Å². The van der Waals surface area contributed by atoms with Gasteiger partial charge >= 0.3 is 0 Å². The molecule has 13 nitrogen and oxygen atoms in total. The third-order valence-electron chi connectivity index (χ3n) is 7.44. The minimum atomic E-state index is -3.84. The summed E-state index contributed by atoms with van der Waals surface area (Å²) in [6, 6.07) is 6.37. The first-order valence-electron chi connectivity index (χ1n) is 13.6. The summed E-state index contributed by atoms with van der Waals surface area (Å²) >= 11 is 12.0. The Morgan fingerprint density at radius 3 is 2.55 bits per heavy atom. The molecule has 1 amide bonds. The van der Waals surface area contributed by atoms with Gasteiger partial charge in [-0.3, -0.25) is 14.2 Å². The van der Waals surface area contributed by atoms with E-state index in [4.69, 9.17) is 28.2 Å². The summed E-state index contributed by atoms with van der Waals surface area (Å²) in [7, 11) is -0.210. The predicted octanol–water partition coefficient (Wildman–Crippen LogP) is 3.31. The van der Waals surface area contributed by atoms with Crippen LogP contribution >= 0.6 is 23.2 Å². The number of benzene rings is 1. The summed E-state index contributed by atoms with van der Waals surface area (Å²) in [4.78, 5) is 48.2. The third-order valence-corrected chi connectivity index (χ3v) is 8.40. The Morgan fingerprint density at radius 2 is 1.86 bits per heavy atom. The van der Waals surface area contributed by atoms with Gasteiger partial charge in [-0.25, -0.2) is 33.1 Å². The molecule has 4 heterocycles. The fraction of sp³-hybridized carbons (Fsp3) is 0.357. The molecule has 4 aromatic rings. The van der Waals surface area contributed by atoms with E-state index in [0.717, 1.165) is 18.2 Å². The summed E-state index contributed by atoms with van der Waals surface area (Å²) in [6.07, 6.45) is 4.79. The Balaban J connectivity index is 1.49. The van der Waals surface area contributed by atoms with Gasteiger partial charge in [0.15, 0.2) is 5.69 Å². The van der Waals surface area contributed by atoms with E-state index in [9.17, 15) is 18.0 Å². The van der Waals surface area contributed by atoms with Crippen LogP contribution in [0.25, 0.3) is 10.9 Å². The molecule has 44 heavy (non-hydrogen) atoms. The molecule has 1 aliphatic heterocycles. The number of carbonyl (C=O) groups is 1. The van der Waals surface area contributed by atoms with E-state index < -0.39 is 22.0 Å². The summed E-state index contributed by atoms with van der Waals surface area (Å²) < 4.78 is 26.9. The number of pyridine rings is 1. The summed E-state index contributed by atoms with van der Waals surface area (Å²) in [5.74, 6) is 0.153. The topological polar surface area (TPSA) is 155 Å². The van der Waals surface area contributed by atoms with Crippen molar-refractivity contribution < 1.29 is 13.2 Å². The van der Waals surface area contributed by atoms with Gasteiger partial charge in [0.05, 0.1) is 52.3 Å². The number of sulfonamides is 1. The zero-order chi connectivity index (χ0) is 31.9. The molecule has 3 aromatic heterocycles. The maximum atomic E-state index is 13.7. The number of hydrogen-bond acceptors (Lipinski definition) is 11. The van der Waals surface area contributed by atoms with Crippen LogP contribution in [0.2, 0.25) is 10.2 Å². The van der Waals surface area contributed by atoms with Crippen molar-refractivity contribution >= 4 is 67.6 Å². The molecule has 0 bridgehead atoms. The van der Waals surface area contributed by atoms with Crippen LogP contribution in [0.3, 0.4) is 0 Å². The Labute approximate surface area is 264 Å². The lowest BCUT2D eigenvalue weighted by Gasteiger charge is -2.26. The van der Waals surface area contributed by atoms with Crippen LogP contribution in [-0.2, 0) is 17.1 Å². The van der Waals surface area contributed by atoms with E-state index >= 15 is 0 Å². The number of aromatic nitrogens is 5. The first kappa shape index (κ1) is 31.4. The lowest BCUT2D eigenvalue weighted by Crippen LogP contribution is -2.37. The van der Waals surface area contributed by atoms with Crippen LogP contribution in [0.15, 0.2) is 41.5 Å². The Morgan fingerprint density at radius 1 is 1.16 bits per heavy atom. The van der Waals surface area contributed by atoms with Crippen molar-refractivity contribution in [3.8, 4) is 0 Å². The average molecular weight is 661 g/mol. The molecule has 0 spiro atoms. The van der Waals surface area contributed by atoms with Crippen molar-refractivity contribution in [3.05, 3.63) is 74.0 Å². The van der Waals surface area contributed by atoms with Gasteiger partial charge in [0.25, 0.3) is 11.5 Å². The second-order valence-electron chi connectivity index (χ2n) is 10.8. The van der Waals surface area contributed by atoms with E-state index in [0.29, 0.717) is 46.5 Å². The zero-order valence-electron chi connectivity index (χ0n) is 24.7. The molecule has 1 aliphatic rings. The van der Waals surface area contributed by atoms with E-state index in [2.05, 4.69) is 25.2 Å². The Bertz CT molecular complexity index is 1920. The lowest BCUT2D eigenvalue weighted by atomic mass is 10.0. The third kappa shape index (κ3) is 6.56. The van der Waals surface area contributed by atoms with Gasteiger partial charge in [0.1, 0.15) is 5.15 Å². The highest BCUT2D eigenvalue weighted by Crippen LogP contribution is 2.30. The molecule has 0 unspecified atom stereocenters. The summed E-state index contributed by atoms with van der Waals surface area (Å²) in [5.41, 5.74) is 1.95. The number of likely N-dealkylation sites (N-methyl/N-ethyl adjacent to an activating group) is 1. The number of nitrogens with one attached hydrogen (secondary N) is 2. The van der Waals surface area contributed by atoms with Gasteiger partial charge in [-0.05, 0) is 44.0 Å². The lowest BCUT2D eigenvalue weighted by molar-refractivity contribution is 0.0977. The number of anilines is 3. The highest BCUT2D eigenvalue weighted by molar-refractivity contribution is 7.89. The van der Waals surface area contributed by atoms with Crippen molar-refractivity contribution in [2.45, 2.75) is 32.4 Å². The molecule has 1 fully saturated rings. The van der Waals surface area contributed by atoms with Crippen LogP contribution in [0.4, 0.5) is 17.6 Å². The maximum absolute atomic E-state index is 13.7. The van der Waals surface area contributed by atoms with Gasteiger partial charge in [0, 0.05) is 32.7 Å². The summed E-state index contributed by atoms with van der Waals surface area (Å²) in [5, 5.41) is 4.17. The van der Waals surface area contributed by atoms with Crippen molar-refractivity contribution in [1.82, 2.24) is 29.2 Å². The van der Waals surface area contributed by atoms with Crippen LogP contribution in [0.5, 0.6) is 0 Å². The molecule has 0 radical (unpaired) electrons. The minimum Gasteiger partial charge on any atom is -0.377 e. The molecule has 232 valence electrons. The second-order valence-corrected chi connectivity index (χ2v) is 13.4. The average Bonchev–Trinajstić information content (AvgIpc) is 3.45. The molecule has 16 heteroatoms. The highest BCUT2D eigenvalue weighted by atomic mass is 35.5. The van der Waals surface area contributed by atoms with Crippen LogP contribution < -0.4 is 25.4 Å². The molecular formula is C28H31Cl2N9O4S. The number of carbonyl (C=O) groups excluding carboxylic acids is 1. The van der Waals surface area contributed by atoms with Crippen LogP contribution in [-0.4, -0.2) is 71.3 Å². The number of amides is 1. The fourth-order valence-corrected chi connectivity index (χ4v) is 5.98. The standard InChI is InChI=1S/C28H31Cl2N9O4S/c1-15-10-19(16(2)33-21-6-7-22(30)34-24(21)25(40)36-44(5,42)43)23-20(11-15)26(41)38(4)28(35-23)39-9-8-18(14-39)37(3)27-31-12-17(29)13-32-27/h6-7,10-13,16,18,33H,8-9,14H2,1-5H3,(H,36,40)/t16-,18+/m1/s1. The predicted molar refractivity (Wildman–Crippen MR) is 171 cm³/mol. The van der Waals surface area contributed by atoms with E-state index in [1.54, 1.807) is 36.1 Å². The van der Waals surface area contributed by atoms with E-state index in [1.807, 2.05) is 36.6 Å². The molecule has 0 aliphatic carbocycles. The monoisotopic (exact) mass is 659 g/mol. The minimum absolute atomic E-state index is 0.0230. The second kappa shape index (κ2) is 12.2. The van der Waals surface area contributed by atoms with Crippen molar-refractivity contribution in [2.24, 2.45) is 7.05 Å². The molecule has 1 saturated heterocycles. The van der Waals surface area contributed by atoms with Gasteiger partial charge < -0.3 is 15.1 Å². The first-order chi connectivity index (χ1) is 20.7. The molecular weight excluding hydrogens is 629 g/mol. The molecule has 2 N–H and O–H groups in total. The molecule has 1 aromatic carbocycles. The van der Waals surface area contributed by atoms with Gasteiger partial charge in [-0.1, -0.05) is 29.3 Å². The quantitative estimate of drug-likeness (QED) is 0.268. The van der Waals surface area contributed by atoms with E-state index in [-0.39, 0.29) is 28.1 Å². The van der Waals surface area contributed by atoms with Gasteiger partial charge in [0.2, 0.25) is 21.9 Å². The number of fused-ring (bicyclic) bond motifs is 1.